The van der Waals surface area contributed by atoms with Crippen molar-refractivity contribution >= 4 is 15.7 Å². The van der Waals surface area contributed by atoms with Gasteiger partial charge in [-0.25, -0.2) is 8.42 Å². The van der Waals surface area contributed by atoms with E-state index in [4.69, 9.17) is 15.9 Å². The number of benzene rings is 1. The molecule has 0 fully saturated rings. The lowest BCUT2D eigenvalue weighted by molar-refractivity contribution is 0.341. The Morgan fingerprint density at radius 2 is 1.89 bits per heavy atom. The third kappa shape index (κ3) is 6.24. The summed E-state index contributed by atoms with van der Waals surface area (Å²) in [5, 5.41) is 7.18. The summed E-state index contributed by atoms with van der Waals surface area (Å²) in [6.07, 6.45) is 1.03. The average molecular weight is 284 g/mol. The molecule has 1 rings (SSSR count). The molecule has 0 spiro atoms. The molecule has 0 unspecified atom stereocenters. The van der Waals surface area contributed by atoms with Gasteiger partial charge in [0.25, 0.3) is 0 Å². The van der Waals surface area contributed by atoms with Gasteiger partial charge in [0.1, 0.15) is 12.4 Å². The van der Waals surface area contributed by atoms with Crippen LogP contribution in [0.2, 0.25) is 0 Å². The molecule has 6 heteroatoms. The van der Waals surface area contributed by atoms with E-state index in [2.05, 4.69) is 0 Å². The van der Waals surface area contributed by atoms with Crippen molar-refractivity contribution in [3.63, 3.8) is 0 Å². The van der Waals surface area contributed by atoms with Gasteiger partial charge < -0.3 is 10.5 Å². The normalized spacial score (nSPS) is 11.2. The van der Waals surface area contributed by atoms with E-state index in [9.17, 15) is 8.42 Å². The highest BCUT2D eigenvalue weighted by molar-refractivity contribution is 7.91. The van der Waals surface area contributed by atoms with Gasteiger partial charge in [-0.05, 0) is 24.1 Å². The van der Waals surface area contributed by atoms with E-state index in [1.54, 1.807) is 12.1 Å². The van der Waals surface area contributed by atoms with E-state index in [0.29, 0.717) is 18.6 Å². The third-order valence-corrected chi connectivity index (χ3v) is 4.32. The number of sulfone groups is 1. The number of amidine groups is 1. The largest absolute Gasteiger partial charge is 0.493 e. The van der Waals surface area contributed by atoms with Gasteiger partial charge in [0.15, 0.2) is 9.84 Å². The Labute approximate surface area is 114 Å². The third-order valence-electron chi connectivity index (χ3n) is 2.50. The van der Waals surface area contributed by atoms with Gasteiger partial charge in [-0.3, -0.25) is 5.41 Å². The zero-order valence-corrected chi connectivity index (χ0v) is 11.9. The van der Waals surface area contributed by atoms with Gasteiger partial charge in [-0.15, -0.1) is 0 Å². The Morgan fingerprint density at radius 3 is 2.42 bits per heavy atom. The molecule has 0 amide bonds. The molecule has 0 aliphatic heterocycles. The smallest absolute Gasteiger partial charge is 0.153 e. The quantitative estimate of drug-likeness (QED) is 0.557. The minimum atomic E-state index is -3.00. The molecule has 0 aliphatic rings. The predicted octanol–water partition coefficient (Wildman–Crippen LogP) is 1.37. The van der Waals surface area contributed by atoms with Crippen LogP contribution in [0.15, 0.2) is 24.3 Å². The van der Waals surface area contributed by atoms with Gasteiger partial charge >= 0.3 is 0 Å². The Kier molecular flexibility index (Phi) is 5.82. The van der Waals surface area contributed by atoms with Crippen LogP contribution in [0.1, 0.15) is 18.9 Å². The predicted molar refractivity (Wildman–Crippen MR) is 76.5 cm³/mol. The molecular formula is C13H20N2O3S. The second kappa shape index (κ2) is 7.13. The van der Waals surface area contributed by atoms with E-state index < -0.39 is 9.84 Å². The van der Waals surface area contributed by atoms with Crippen LogP contribution in [0, 0.1) is 5.41 Å². The van der Waals surface area contributed by atoms with Crippen molar-refractivity contribution in [2.24, 2.45) is 5.73 Å². The van der Waals surface area contributed by atoms with Gasteiger partial charge in [0, 0.05) is 6.42 Å². The fourth-order valence-electron chi connectivity index (χ4n) is 1.62. The molecule has 0 radical (unpaired) electrons. The first-order valence-corrected chi connectivity index (χ1v) is 8.00. The van der Waals surface area contributed by atoms with E-state index in [-0.39, 0.29) is 23.9 Å². The maximum absolute atomic E-state index is 11.5. The molecule has 0 bridgehead atoms. The molecule has 5 nitrogen and oxygen atoms in total. The topological polar surface area (TPSA) is 93.2 Å². The second-order valence-electron chi connectivity index (χ2n) is 4.35. The highest BCUT2D eigenvalue weighted by Gasteiger charge is 2.09. The van der Waals surface area contributed by atoms with Crippen molar-refractivity contribution in [3.05, 3.63) is 29.8 Å². The molecule has 1 aromatic carbocycles. The standard InChI is InChI=1S/C13H20N2O3S/c1-2-8-19(16,17)9-7-18-12-5-3-11(4-6-12)10-13(14)15/h3-6H,2,7-10H2,1H3,(H3,14,15). The van der Waals surface area contributed by atoms with Crippen molar-refractivity contribution in [1.82, 2.24) is 0 Å². The van der Waals surface area contributed by atoms with E-state index in [1.807, 2.05) is 19.1 Å². The lowest BCUT2D eigenvalue weighted by atomic mass is 10.1. The monoisotopic (exact) mass is 284 g/mol. The minimum absolute atomic E-state index is 0.0377. The van der Waals surface area contributed by atoms with Crippen LogP contribution in [-0.2, 0) is 16.3 Å². The number of hydrogen-bond donors (Lipinski definition) is 2. The number of hydrogen-bond acceptors (Lipinski definition) is 4. The summed E-state index contributed by atoms with van der Waals surface area (Å²) < 4.78 is 28.3. The first-order valence-electron chi connectivity index (χ1n) is 6.18. The summed E-state index contributed by atoms with van der Waals surface area (Å²) in [4.78, 5) is 0. The van der Waals surface area contributed by atoms with Crippen LogP contribution < -0.4 is 10.5 Å². The van der Waals surface area contributed by atoms with Crippen LogP contribution in [-0.4, -0.2) is 32.4 Å². The Balaban J connectivity index is 2.44. The fourth-order valence-corrected chi connectivity index (χ4v) is 2.79. The van der Waals surface area contributed by atoms with E-state index in [1.165, 1.54) is 0 Å². The Bertz CT molecular complexity index is 509. The summed E-state index contributed by atoms with van der Waals surface area (Å²) >= 11 is 0. The highest BCUT2D eigenvalue weighted by Crippen LogP contribution is 2.12. The fraction of sp³-hybridized carbons (Fsp3) is 0.462. The number of rotatable bonds is 8. The molecule has 0 saturated heterocycles. The SMILES string of the molecule is CCCS(=O)(=O)CCOc1ccc(CC(=N)N)cc1. The van der Waals surface area contributed by atoms with Crippen molar-refractivity contribution in [2.45, 2.75) is 19.8 Å². The zero-order chi connectivity index (χ0) is 14.3. The molecule has 1 aromatic rings. The summed E-state index contributed by atoms with van der Waals surface area (Å²) in [5.74, 6) is 0.975. The summed E-state index contributed by atoms with van der Waals surface area (Å²) in [6.45, 7) is 2.00. The lowest BCUT2D eigenvalue weighted by Gasteiger charge is -2.07. The van der Waals surface area contributed by atoms with Gasteiger partial charge in [-0.1, -0.05) is 19.1 Å². The van der Waals surface area contributed by atoms with Crippen molar-refractivity contribution in [2.75, 3.05) is 18.1 Å². The van der Waals surface area contributed by atoms with Crippen LogP contribution in [0.4, 0.5) is 0 Å². The summed E-state index contributed by atoms with van der Waals surface area (Å²) in [5.41, 5.74) is 6.23. The maximum atomic E-state index is 11.5. The van der Waals surface area contributed by atoms with Crippen molar-refractivity contribution < 1.29 is 13.2 Å². The van der Waals surface area contributed by atoms with Crippen molar-refractivity contribution in [1.29, 1.82) is 5.41 Å². The lowest BCUT2D eigenvalue weighted by Crippen LogP contribution is -2.16. The first kappa shape index (κ1) is 15.5. The molecule has 0 atom stereocenters. The average Bonchev–Trinajstić information content (AvgIpc) is 2.30. The Hall–Kier alpha value is -1.56. The number of nitrogens with two attached hydrogens (primary N) is 1. The molecule has 0 aliphatic carbocycles. The molecular weight excluding hydrogens is 264 g/mol. The number of ether oxygens (including phenoxy) is 1. The molecule has 0 saturated carbocycles. The van der Waals surface area contributed by atoms with Crippen molar-refractivity contribution in [3.8, 4) is 5.75 Å². The van der Waals surface area contributed by atoms with Gasteiger partial charge in [0.2, 0.25) is 0 Å². The number of nitrogens with one attached hydrogen (secondary N) is 1. The molecule has 106 valence electrons. The minimum Gasteiger partial charge on any atom is -0.493 e. The highest BCUT2D eigenvalue weighted by atomic mass is 32.2. The maximum Gasteiger partial charge on any atom is 0.153 e. The molecule has 19 heavy (non-hydrogen) atoms. The van der Waals surface area contributed by atoms with Gasteiger partial charge in [0.05, 0.1) is 17.3 Å². The Morgan fingerprint density at radius 1 is 1.26 bits per heavy atom. The van der Waals surface area contributed by atoms with Crippen LogP contribution in [0.3, 0.4) is 0 Å². The zero-order valence-electron chi connectivity index (χ0n) is 11.1. The summed E-state index contributed by atoms with van der Waals surface area (Å²) in [7, 11) is -3.00. The van der Waals surface area contributed by atoms with Crippen LogP contribution in [0.5, 0.6) is 5.75 Å². The van der Waals surface area contributed by atoms with Crippen LogP contribution >= 0.6 is 0 Å². The van der Waals surface area contributed by atoms with E-state index in [0.717, 1.165) is 5.56 Å². The van der Waals surface area contributed by atoms with Gasteiger partial charge in [-0.2, -0.15) is 0 Å². The second-order valence-corrected chi connectivity index (χ2v) is 6.65. The first-order chi connectivity index (χ1) is 8.93. The molecule has 3 N–H and O–H groups in total. The molecule has 0 heterocycles. The molecule has 0 aromatic heterocycles. The van der Waals surface area contributed by atoms with E-state index >= 15 is 0 Å². The summed E-state index contributed by atoms with van der Waals surface area (Å²) in [6, 6.07) is 7.14. The van der Waals surface area contributed by atoms with Crippen LogP contribution in [0.25, 0.3) is 0 Å².